The van der Waals surface area contributed by atoms with Crippen molar-refractivity contribution in [2.45, 2.75) is 59.2 Å². The molecule has 1 saturated heterocycles. The summed E-state index contributed by atoms with van der Waals surface area (Å²) in [6.45, 7) is 9.86. The Morgan fingerprint density at radius 3 is 2.54 bits per heavy atom. The Morgan fingerprint density at radius 2 is 1.82 bits per heavy atom. The van der Waals surface area contributed by atoms with Gasteiger partial charge in [-0.2, -0.15) is 0 Å². The van der Waals surface area contributed by atoms with Gasteiger partial charge in [0.2, 0.25) is 0 Å². The molecule has 1 aliphatic rings. The van der Waals surface area contributed by atoms with Crippen LogP contribution in [0.5, 0.6) is 5.75 Å². The van der Waals surface area contributed by atoms with Crippen LogP contribution in [0.2, 0.25) is 0 Å². The molecule has 1 heterocycles. The van der Waals surface area contributed by atoms with Gasteiger partial charge in [-0.1, -0.05) is 43.3 Å². The molecule has 1 N–H and O–H groups in total. The first-order valence-corrected chi connectivity index (χ1v) is 10.4. The largest absolute Gasteiger partial charge is 0.480 e. The Kier molecular flexibility index (Phi) is 7.10. The van der Waals surface area contributed by atoms with Crippen LogP contribution in [-0.4, -0.2) is 30.0 Å². The van der Waals surface area contributed by atoms with E-state index in [2.05, 4.69) is 34.5 Å². The second-order valence-electron chi connectivity index (χ2n) is 7.75. The maximum Gasteiger partial charge on any atom is 0.261 e. The topological polar surface area (TPSA) is 41.6 Å². The van der Waals surface area contributed by atoms with Crippen molar-refractivity contribution in [3.63, 3.8) is 0 Å². The minimum atomic E-state index is -0.480. The van der Waals surface area contributed by atoms with Crippen LogP contribution in [0.4, 0.5) is 0 Å². The smallest absolute Gasteiger partial charge is 0.261 e. The Labute approximate surface area is 168 Å². The lowest BCUT2D eigenvalue weighted by atomic mass is 10.1. The van der Waals surface area contributed by atoms with Crippen LogP contribution in [0, 0.1) is 13.8 Å². The zero-order valence-corrected chi connectivity index (χ0v) is 17.3. The van der Waals surface area contributed by atoms with Gasteiger partial charge in [-0.3, -0.25) is 9.69 Å². The summed E-state index contributed by atoms with van der Waals surface area (Å²) < 4.78 is 6.04. The van der Waals surface area contributed by atoms with Crippen molar-refractivity contribution in [2.24, 2.45) is 0 Å². The molecule has 1 amide bonds. The number of hydrogen-bond acceptors (Lipinski definition) is 3. The van der Waals surface area contributed by atoms with E-state index in [1.54, 1.807) is 0 Å². The van der Waals surface area contributed by atoms with E-state index < -0.39 is 6.10 Å². The van der Waals surface area contributed by atoms with Gasteiger partial charge < -0.3 is 10.1 Å². The quantitative estimate of drug-likeness (QED) is 0.739. The SMILES string of the molecule is CC[C@@H](Oc1cc(C)ccc1C)C(=O)NCc1ccccc1CN1CCCC1. The summed E-state index contributed by atoms with van der Waals surface area (Å²) in [4.78, 5) is 15.2. The van der Waals surface area contributed by atoms with Gasteiger partial charge in [-0.25, -0.2) is 0 Å². The van der Waals surface area contributed by atoms with Crippen molar-refractivity contribution in [3.05, 3.63) is 64.7 Å². The second-order valence-corrected chi connectivity index (χ2v) is 7.75. The van der Waals surface area contributed by atoms with Gasteiger partial charge in [0.1, 0.15) is 5.75 Å². The third-order valence-electron chi connectivity index (χ3n) is 5.44. The third kappa shape index (κ3) is 5.35. The number of hydrogen-bond donors (Lipinski definition) is 1. The Balaban J connectivity index is 1.61. The highest BCUT2D eigenvalue weighted by atomic mass is 16.5. The maximum absolute atomic E-state index is 12.8. The molecule has 0 radical (unpaired) electrons. The lowest BCUT2D eigenvalue weighted by Gasteiger charge is -2.20. The predicted molar refractivity (Wildman–Crippen MR) is 113 cm³/mol. The van der Waals surface area contributed by atoms with Crippen molar-refractivity contribution in [1.82, 2.24) is 10.2 Å². The van der Waals surface area contributed by atoms with E-state index in [1.165, 1.54) is 37.1 Å². The first-order valence-electron chi connectivity index (χ1n) is 10.4. The minimum Gasteiger partial charge on any atom is -0.480 e. The minimum absolute atomic E-state index is 0.0561. The second kappa shape index (κ2) is 9.74. The maximum atomic E-state index is 12.8. The first kappa shape index (κ1) is 20.4. The molecule has 4 heteroatoms. The summed E-state index contributed by atoms with van der Waals surface area (Å²) in [6, 6.07) is 14.5. The predicted octanol–water partition coefficient (Wildman–Crippen LogP) is 4.37. The number of carbonyl (C=O) groups is 1. The average molecular weight is 381 g/mol. The molecule has 2 aromatic carbocycles. The van der Waals surface area contributed by atoms with Crippen LogP contribution in [0.1, 0.15) is 48.4 Å². The van der Waals surface area contributed by atoms with Gasteiger partial charge >= 0.3 is 0 Å². The van der Waals surface area contributed by atoms with Gasteiger partial charge in [0.05, 0.1) is 0 Å². The molecule has 28 heavy (non-hydrogen) atoms. The Bertz CT molecular complexity index is 797. The van der Waals surface area contributed by atoms with Crippen LogP contribution in [0.3, 0.4) is 0 Å². The van der Waals surface area contributed by atoms with Crippen LogP contribution in [-0.2, 0) is 17.9 Å². The number of likely N-dealkylation sites (tertiary alicyclic amines) is 1. The molecule has 3 rings (SSSR count). The molecule has 0 bridgehead atoms. The van der Waals surface area contributed by atoms with Crippen molar-refractivity contribution >= 4 is 5.91 Å². The third-order valence-corrected chi connectivity index (χ3v) is 5.44. The van der Waals surface area contributed by atoms with E-state index in [-0.39, 0.29) is 5.91 Å². The fourth-order valence-electron chi connectivity index (χ4n) is 3.67. The van der Waals surface area contributed by atoms with Crippen LogP contribution >= 0.6 is 0 Å². The van der Waals surface area contributed by atoms with E-state index in [1.807, 2.05) is 39.0 Å². The summed E-state index contributed by atoms with van der Waals surface area (Å²) >= 11 is 0. The van der Waals surface area contributed by atoms with Crippen LogP contribution in [0.25, 0.3) is 0 Å². The normalized spacial score (nSPS) is 15.4. The number of nitrogens with one attached hydrogen (secondary N) is 1. The van der Waals surface area contributed by atoms with E-state index in [0.29, 0.717) is 13.0 Å². The molecule has 1 atom stereocenters. The molecular formula is C24H32N2O2. The molecule has 0 unspecified atom stereocenters. The van der Waals surface area contributed by atoms with Crippen LogP contribution < -0.4 is 10.1 Å². The lowest BCUT2D eigenvalue weighted by Crippen LogP contribution is -2.38. The molecule has 0 aromatic heterocycles. The lowest BCUT2D eigenvalue weighted by molar-refractivity contribution is -0.128. The summed E-state index contributed by atoms with van der Waals surface area (Å²) in [5.74, 6) is 0.732. The monoisotopic (exact) mass is 380 g/mol. The van der Waals surface area contributed by atoms with Crippen molar-refractivity contribution < 1.29 is 9.53 Å². The number of benzene rings is 2. The Hall–Kier alpha value is -2.33. The molecule has 1 aliphatic heterocycles. The molecular weight excluding hydrogens is 348 g/mol. The number of carbonyl (C=O) groups excluding carboxylic acids is 1. The van der Waals surface area contributed by atoms with Gasteiger partial charge in [0.15, 0.2) is 6.10 Å². The highest BCUT2D eigenvalue weighted by molar-refractivity contribution is 5.81. The Morgan fingerprint density at radius 1 is 1.11 bits per heavy atom. The number of amides is 1. The van der Waals surface area contributed by atoms with E-state index in [4.69, 9.17) is 4.74 Å². The number of rotatable bonds is 8. The summed E-state index contributed by atoms with van der Waals surface area (Å²) in [5, 5.41) is 3.09. The molecule has 1 fully saturated rings. The molecule has 4 nitrogen and oxygen atoms in total. The van der Waals surface area contributed by atoms with Gasteiger partial charge in [0, 0.05) is 13.1 Å². The fourth-order valence-corrected chi connectivity index (χ4v) is 3.67. The van der Waals surface area contributed by atoms with Crippen molar-refractivity contribution in [3.8, 4) is 5.75 Å². The average Bonchev–Trinajstić information content (AvgIpc) is 3.20. The number of ether oxygens (including phenoxy) is 1. The summed E-state index contributed by atoms with van der Waals surface area (Å²) in [7, 11) is 0. The van der Waals surface area contributed by atoms with Gasteiger partial charge in [0.25, 0.3) is 5.91 Å². The number of aryl methyl sites for hydroxylation is 2. The van der Waals surface area contributed by atoms with E-state index >= 15 is 0 Å². The standard InChI is InChI=1S/C24H32N2O2/c1-4-22(28-23-15-18(2)11-12-19(23)3)24(27)25-16-20-9-5-6-10-21(20)17-26-13-7-8-14-26/h5-6,9-12,15,22H,4,7-8,13-14,16-17H2,1-3H3,(H,25,27)/t22-/m1/s1. The van der Waals surface area contributed by atoms with Crippen molar-refractivity contribution in [1.29, 1.82) is 0 Å². The first-order chi connectivity index (χ1) is 13.6. The van der Waals surface area contributed by atoms with E-state index in [9.17, 15) is 4.79 Å². The van der Waals surface area contributed by atoms with Crippen LogP contribution in [0.15, 0.2) is 42.5 Å². The fraction of sp³-hybridized carbons (Fsp3) is 0.458. The molecule has 2 aromatic rings. The molecule has 0 saturated carbocycles. The summed E-state index contributed by atoms with van der Waals surface area (Å²) in [6.07, 6.45) is 2.72. The molecule has 150 valence electrons. The van der Waals surface area contributed by atoms with Gasteiger partial charge in [-0.05, 0) is 74.5 Å². The molecule has 0 aliphatic carbocycles. The zero-order valence-electron chi connectivity index (χ0n) is 17.3. The number of nitrogens with zero attached hydrogens (tertiary/aromatic N) is 1. The zero-order chi connectivity index (χ0) is 19.9. The highest BCUT2D eigenvalue weighted by Gasteiger charge is 2.20. The molecule has 0 spiro atoms. The van der Waals surface area contributed by atoms with Crippen molar-refractivity contribution in [2.75, 3.05) is 13.1 Å². The summed E-state index contributed by atoms with van der Waals surface area (Å²) in [5.41, 5.74) is 4.66. The van der Waals surface area contributed by atoms with E-state index in [0.717, 1.165) is 23.4 Å². The van der Waals surface area contributed by atoms with Gasteiger partial charge in [-0.15, -0.1) is 0 Å². The highest BCUT2D eigenvalue weighted by Crippen LogP contribution is 2.21.